The van der Waals surface area contributed by atoms with E-state index in [0.29, 0.717) is 29.8 Å². The third kappa shape index (κ3) is 6.56. The van der Waals surface area contributed by atoms with Gasteiger partial charge < -0.3 is 21.3 Å². The molecule has 0 aliphatic heterocycles. The second-order valence-electron chi connectivity index (χ2n) is 6.88. The lowest BCUT2D eigenvalue weighted by atomic mass is 10.1. The lowest BCUT2D eigenvalue weighted by Crippen LogP contribution is -2.33. The van der Waals surface area contributed by atoms with Crippen LogP contribution in [0.15, 0.2) is 48.7 Å². The summed E-state index contributed by atoms with van der Waals surface area (Å²) in [6.45, 7) is 4.15. The van der Waals surface area contributed by atoms with Gasteiger partial charge in [0, 0.05) is 25.4 Å². The number of aromatic nitrogens is 3. The van der Waals surface area contributed by atoms with Crippen molar-refractivity contribution in [2.45, 2.75) is 20.0 Å². The molecule has 4 N–H and O–H groups in total. The first-order chi connectivity index (χ1) is 15.2. The molecular formula is C21H22F3N7O. The van der Waals surface area contributed by atoms with E-state index in [9.17, 15) is 18.0 Å². The van der Waals surface area contributed by atoms with Crippen molar-refractivity contribution in [2.75, 3.05) is 29.0 Å². The van der Waals surface area contributed by atoms with Crippen LogP contribution in [0, 0.1) is 13.8 Å². The monoisotopic (exact) mass is 445 g/mol. The summed E-state index contributed by atoms with van der Waals surface area (Å²) < 4.78 is 39.0. The van der Waals surface area contributed by atoms with Crippen molar-refractivity contribution in [3.05, 3.63) is 65.6 Å². The molecule has 2 heterocycles. The summed E-state index contributed by atoms with van der Waals surface area (Å²) in [5, 5.41) is 10.9. The highest BCUT2D eigenvalue weighted by molar-refractivity contribution is 5.90. The molecule has 0 radical (unpaired) electrons. The molecule has 2 amide bonds. The Balaban J connectivity index is 1.52. The smallest absolute Gasteiger partial charge is 0.368 e. The van der Waals surface area contributed by atoms with Crippen LogP contribution >= 0.6 is 0 Å². The fourth-order valence-electron chi connectivity index (χ4n) is 2.83. The molecule has 32 heavy (non-hydrogen) atoms. The van der Waals surface area contributed by atoms with Gasteiger partial charge in [-0.15, -0.1) is 0 Å². The molecular weight excluding hydrogens is 423 g/mol. The SMILES string of the molecule is Cc1ccnc(Nc2cc(NCCNC(=O)Nc3ccccc3C(F)(F)F)nc(C)n2)c1. The van der Waals surface area contributed by atoms with Gasteiger partial charge in [0.15, 0.2) is 0 Å². The number of urea groups is 1. The molecule has 0 spiro atoms. The Morgan fingerprint density at radius 3 is 2.47 bits per heavy atom. The van der Waals surface area contributed by atoms with E-state index in [-0.39, 0.29) is 12.2 Å². The second-order valence-corrected chi connectivity index (χ2v) is 6.88. The molecule has 3 rings (SSSR count). The Hall–Kier alpha value is -3.89. The highest BCUT2D eigenvalue weighted by Gasteiger charge is 2.33. The summed E-state index contributed by atoms with van der Waals surface area (Å²) in [5.41, 5.74) is -0.168. The van der Waals surface area contributed by atoms with Crippen molar-refractivity contribution in [1.29, 1.82) is 0 Å². The average molecular weight is 445 g/mol. The maximum atomic E-state index is 13.0. The lowest BCUT2D eigenvalue weighted by Gasteiger charge is -2.14. The van der Waals surface area contributed by atoms with Crippen LogP contribution in [0.2, 0.25) is 0 Å². The molecule has 3 aromatic rings. The van der Waals surface area contributed by atoms with E-state index in [0.717, 1.165) is 11.6 Å². The highest BCUT2D eigenvalue weighted by Crippen LogP contribution is 2.34. The summed E-state index contributed by atoms with van der Waals surface area (Å²) in [5.74, 6) is 2.25. The van der Waals surface area contributed by atoms with Gasteiger partial charge in [0.2, 0.25) is 0 Å². The summed E-state index contributed by atoms with van der Waals surface area (Å²) in [4.78, 5) is 24.8. The molecule has 0 aliphatic rings. The number of pyridine rings is 1. The number of para-hydroxylation sites is 1. The van der Waals surface area contributed by atoms with Gasteiger partial charge in [0.05, 0.1) is 11.3 Å². The van der Waals surface area contributed by atoms with Gasteiger partial charge in [0.1, 0.15) is 23.3 Å². The summed E-state index contributed by atoms with van der Waals surface area (Å²) >= 11 is 0. The molecule has 2 aromatic heterocycles. The maximum absolute atomic E-state index is 13.0. The number of nitrogens with zero attached hydrogens (tertiary/aromatic N) is 3. The number of amides is 2. The minimum atomic E-state index is -4.56. The number of carbonyl (C=O) groups excluding carboxylic acids is 1. The molecule has 0 unspecified atom stereocenters. The van der Waals surface area contributed by atoms with Crippen molar-refractivity contribution in [3.63, 3.8) is 0 Å². The predicted octanol–water partition coefficient (Wildman–Crippen LogP) is 4.48. The quantitative estimate of drug-likeness (QED) is 0.400. The summed E-state index contributed by atoms with van der Waals surface area (Å²) in [6, 6.07) is 9.50. The second kappa shape index (κ2) is 9.94. The van der Waals surface area contributed by atoms with Gasteiger partial charge in [-0.25, -0.2) is 19.7 Å². The third-order valence-corrected chi connectivity index (χ3v) is 4.21. The van der Waals surface area contributed by atoms with E-state index in [2.05, 4.69) is 36.2 Å². The molecule has 0 aliphatic carbocycles. The molecule has 8 nitrogen and oxygen atoms in total. The zero-order chi connectivity index (χ0) is 23.1. The van der Waals surface area contributed by atoms with Gasteiger partial charge in [-0.2, -0.15) is 13.2 Å². The van der Waals surface area contributed by atoms with Crippen LogP contribution in [-0.2, 0) is 6.18 Å². The summed E-state index contributed by atoms with van der Waals surface area (Å²) in [6.07, 6.45) is -2.87. The van der Waals surface area contributed by atoms with E-state index in [4.69, 9.17) is 0 Å². The Labute approximate surface area is 182 Å². The van der Waals surface area contributed by atoms with E-state index in [1.54, 1.807) is 19.2 Å². The predicted molar refractivity (Wildman–Crippen MR) is 116 cm³/mol. The van der Waals surface area contributed by atoms with Crippen molar-refractivity contribution in [3.8, 4) is 0 Å². The first kappa shape index (κ1) is 22.8. The van der Waals surface area contributed by atoms with E-state index >= 15 is 0 Å². The number of aryl methyl sites for hydroxylation is 2. The minimum Gasteiger partial charge on any atom is -0.368 e. The number of hydrogen-bond acceptors (Lipinski definition) is 6. The number of anilines is 4. The van der Waals surface area contributed by atoms with Crippen molar-refractivity contribution in [2.24, 2.45) is 0 Å². The molecule has 0 bridgehead atoms. The fourth-order valence-corrected chi connectivity index (χ4v) is 2.83. The third-order valence-electron chi connectivity index (χ3n) is 4.21. The van der Waals surface area contributed by atoms with Crippen molar-refractivity contribution >= 4 is 29.2 Å². The Morgan fingerprint density at radius 1 is 0.969 bits per heavy atom. The molecule has 11 heteroatoms. The highest BCUT2D eigenvalue weighted by atomic mass is 19.4. The lowest BCUT2D eigenvalue weighted by molar-refractivity contribution is -0.136. The number of rotatable bonds is 7. The largest absolute Gasteiger partial charge is 0.418 e. The number of hydrogen-bond donors (Lipinski definition) is 4. The van der Waals surface area contributed by atoms with Crippen molar-refractivity contribution in [1.82, 2.24) is 20.3 Å². The zero-order valence-electron chi connectivity index (χ0n) is 17.4. The van der Waals surface area contributed by atoms with E-state index < -0.39 is 17.8 Å². The van der Waals surface area contributed by atoms with E-state index in [1.807, 2.05) is 19.1 Å². The normalized spacial score (nSPS) is 11.0. The minimum absolute atomic E-state index is 0.158. The Bertz CT molecular complexity index is 1090. The Kier molecular flexibility index (Phi) is 7.08. The molecule has 0 atom stereocenters. The molecule has 1 aromatic carbocycles. The number of nitrogens with one attached hydrogen (secondary N) is 4. The van der Waals surface area contributed by atoms with E-state index in [1.165, 1.54) is 18.2 Å². The molecule has 0 fully saturated rings. The van der Waals surface area contributed by atoms with Gasteiger partial charge in [-0.1, -0.05) is 12.1 Å². The number of benzene rings is 1. The Morgan fingerprint density at radius 2 is 1.72 bits per heavy atom. The van der Waals surface area contributed by atoms with Gasteiger partial charge in [-0.3, -0.25) is 0 Å². The topological polar surface area (TPSA) is 104 Å². The van der Waals surface area contributed by atoms with Crippen LogP contribution in [0.1, 0.15) is 17.0 Å². The number of carbonyl (C=O) groups is 1. The van der Waals surface area contributed by atoms with Crippen LogP contribution in [0.5, 0.6) is 0 Å². The molecule has 168 valence electrons. The van der Waals surface area contributed by atoms with Gasteiger partial charge in [0.25, 0.3) is 0 Å². The maximum Gasteiger partial charge on any atom is 0.418 e. The van der Waals surface area contributed by atoms with Crippen LogP contribution in [0.25, 0.3) is 0 Å². The molecule has 0 saturated carbocycles. The van der Waals surface area contributed by atoms with Gasteiger partial charge >= 0.3 is 12.2 Å². The first-order valence-corrected chi connectivity index (χ1v) is 9.71. The van der Waals surface area contributed by atoms with Crippen LogP contribution in [0.4, 0.5) is 41.1 Å². The average Bonchev–Trinajstić information content (AvgIpc) is 2.70. The van der Waals surface area contributed by atoms with Crippen LogP contribution in [-0.4, -0.2) is 34.1 Å². The summed E-state index contributed by atoms with van der Waals surface area (Å²) in [7, 11) is 0. The van der Waals surface area contributed by atoms with Gasteiger partial charge in [-0.05, 0) is 43.7 Å². The fraction of sp³-hybridized carbons (Fsp3) is 0.238. The number of halogens is 3. The standard InChI is InChI=1S/C21H22F3N7O/c1-13-7-8-25-17(11-13)31-19-12-18(28-14(2)29-19)26-9-10-27-20(32)30-16-6-4-3-5-15(16)21(22,23)24/h3-8,11-12H,9-10H2,1-2H3,(H2,27,30,32)(H2,25,26,28,29,31). The molecule has 0 saturated heterocycles. The zero-order valence-corrected chi connectivity index (χ0v) is 17.4. The van der Waals surface area contributed by atoms with Crippen LogP contribution < -0.4 is 21.3 Å². The van der Waals surface area contributed by atoms with Crippen molar-refractivity contribution < 1.29 is 18.0 Å². The number of alkyl halides is 3. The van der Waals surface area contributed by atoms with Crippen LogP contribution in [0.3, 0.4) is 0 Å². The first-order valence-electron chi connectivity index (χ1n) is 9.71.